The van der Waals surface area contributed by atoms with Gasteiger partial charge in [0.05, 0.1) is 11.7 Å². The van der Waals surface area contributed by atoms with Gasteiger partial charge in [-0.25, -0.2) is 0 Å². The summed E-state index contributed by atoms with van der Waals surface area (Å²) in [7, 11) is 6.83. The molecule has 1 aromatic heterocycles. The first kappa shape index (κ1) is 8.41. The summed E-state index contributed by atoms with van der Waals surface area (Å²) in [4.78, 5) is 1.01. The van der Waals surface area contributed by atoms with Crippen molar-refractivity contribution in [1.82, 2.24) is 10.2 Å². The van der Waals surface area contributed by atoms with Gasteiger partial charge in [0.25, 0.3) is 0 Å². The molecule has 2 rings (SSSR count). The number of hydrogen-bond donors (Lipinski definition) is 1. The van der Waals surface area contributed by atoms with Crippen molar-refractivity contribution in [3.63, 3.8) is 0 Å². The highest BCUT2D eigenvalue weighted by atomic mass is 79.9. The Labute approximate surface area is 86.3 Å². The number of H-pyrrole nitrogens is 1. The number of aromatic nitrogens is 2. The van der Waals surface area contributed by atoms with E-state index in [9.17, 15) is 0 Å². The summed E-state index contributed by atoms with van der Waals surface area (Å²) in [5, 5.41) is 7.88. The maximum absolute atomic E-state index is 5.63. The summed E-state index contributed by atoms with van der Waals surface area (Å²) in [5.74, 6) is 0. The van der Waals surface area contributed by atoms with E-state index in [4.69, 9.17) is 10.7 Å². The quantitative estimate of drug-likeness (QED) is 0.852. The molecular weight excluding hydrogens is 260 g/mol. The van der Waals surface area contributed by atoms with Crippen molar-refractivity contribution in [2.75, 3.05) is 0 Å². The van der Waals surface area contributed by atoms with Gasteiger partial charge in [-0.3, -0.25) is 5.10 Å². The van der Waals surface area contributed by atoms with Crippen molar-refractivity contribution >= 4 is 48.5 Å². The monoisotopic (exact) mass is 262 g/mol. The highest BCUT2D eigenvalue weighted by Crippen LogP contribution is 2.30. The predicted octanol–water partition coefficient (Wildman–Crippen LogP) is 3.57. The smallest absolute Gasteiger partial charge is 0.0793 e. The molecular formula is C7H4BrClN2S. The largest absolute Gasteiger partial charge is 0.277 e. The van der Waals surface area contributed by atoms with Crippen molar-refractivity contribution in [3.05, 3.63) is 22.8 Å². The Morgan fingerprint density at radius 1 is 1.50 bits per heavy atom. The number of halogens is 2. The summed E-state index contributed by atoms with van der Waals surface area (Å²) in [5.41, 5.74) is 1.00. The molecule has 1 N–H and O–H groups in total. The second kappa shape index (κ2) is 3.28. The number of rotatable bonds is 1. The fourth-order valence-electron chi connectivity index (χ4n) is 1.03. The Morgan fingerprint density at radius 3 is 3.08 bits per heavy atom. The average molecular weight is 264 g/mol. The SMILES string of the molecule is ClSc1cc(Br)c2[nH]ncc2c1. The molecule has 12 heavy (non-hydrogen) atoms. The molecule has 0 fully saturated rings. The zero-order chi connectivity index (χ0) is 8.55. The van der Waals surface area contributed by atoms with Crippen LogP contribution in [0, 0.1) is 0 Å². The van der Waals surface area contributed by atoms with Crippen molar-refractivity contribution < 1.29 is 0 Å². The average Bonchev–Trinajstić information content (AvgIpc) is 2.52. The minimum atomic E-state index is 0.987. The van der Waals surface area contributed by atoms with Crippen LogP contribution < -0.4 is 0 Å². The standard InChI is InChI=1S/C7H4BrClN2S/c8-6-2-5(12-9)1-4-3-10-11-7(4)6/h1-3H,(H,10,11). The Kier molecular flexibility index (Phi) is 2.30. The van der Waals surface area contributed by atoms with Crippen LogP contribution in [-0.4, -0.2) is 10.2 Å². The van der Waals surface area contributed by atoms with Crippen LogP contribution in [0.2, 0.25) is 0 Å². The van der Waals surface area contributed by atoms with Gasteiger partial charge in [-0.1, -0.05) is 0 Å². The molecule has 0 aliphatic heterocycles. The molecule has 62 valence electrons. The summed E-state index contributed by atoms with van der Waals surface area (Å²) in [6.45, 7) is 0. The van der Waals surface area contributed by atoms with E-state index in [-0.39, 0.29) is 0 Å². The van der Waals surface area contributed by atoms with E-state index >= 15 is 0 Å². The molecule has 5 heteroatoms. The molecule has 0 aliphatic rings. The number of aromatic amines is 1. The van der Waals surface area contributed by atoms with Gasteiger partial charge >= 0.3 is 0 Å². The van der Waals surface area contributed by atoms with Gasteiger partial charge in [-0.05, 0) is 49.7 Å². The number of nitrogens with zero attached hydrogens (tertiary/aromatic N) is 1. The lowest BCUT2D eigenvalue weighted by Crippen LogP contribution is -1.73. The number of fused-ring (bicyclic) bond motifs is 1. The zero-order valence-corrected chi connectivity index (χ0v) is 9.00. The molecule has 2 nitrogen and oxygen atoms in total. The molecule has 0 spiro atoms. The third-order valence-corrected chi connectivity index (χ3v) is 3.14. The third kappa shape index (κ3) is 1.34. The van der Waals surface area contributed by atoms with E-state index < -0.39 is 0 Å². The minimum Gasteiger partial charge on any atom is -0.277 e. The van der Waals surface area contributed by atoms with E-state index in [0.717, 1.165) is 20.3 Å². The van der Waals surface area contributed by atoms with Gasteiger partial charge in [0.15, 0.2) is 0 Å². The van der Waals surface area contributed by atoms with Crippen LogP contribution >= 0.6 is 37.6 Å². The van der Waals surface area contributed by atoms with E-state index in [1.165, 1.54) is 11.0 Å². The summed E-state index contributed by atoms with van der Waals surface area (Å²) >= 11 is 3.42. The first-order valence-corrected chi connectivity index (χ1v) is 5.66. The molecule has 0 amide bonds. The summed E-state index contributed by atoms with van der Waals surface area (Å²) in [6, 6.07) is 3.94. The van der Waals surface area contributed by atoms with Crippen molar-refractivity contribution in [3.8, 4) is 0 Å². The van der Waals surface area contributed by atoms with Crippen LogP contribution in [0.25, 0.3) is 10.9 Å². The maximum atomic E-state index is 5.63. The van der Waals surface area contributed by atoms with Crippen molar-refractivity contribution in [1.29, 1.82) is 0 Å². The van der Waals surface area contributed by atoms with Crippen LogP contribution in [0.5, 0.6) is 0 Å². The Morgan fingerprint density at radius 2 is 2.33 bits per heavy atom. The lowest BCUT2D eigenvalue weighted by Gasteiger charge is -1.96. The maximum Gasteiger partial charge on any atom is 0.0793 e. The molecule has 1 heterocycles. The van der Waals surface area contributed by atoms with Crippen molar-refractivity contribution in [2.45, 2.75) is 4.90 Å². The van der Waals surface area contributed by atoms with Gasteiger partial charge in [0, 0.05) is 14.8 Å². The Hall–Kier alpha value is -0.190. The second-order valence-electron chi connectivity index (χ2n) is 2.32. The molecule has 0 bridgehead atoms. The second-order valence-corrected chi connectivity index (χ2v) is 4.26. The molecule has 0 aliphatic carbocycles. The van der Waals surface area contributed by atoms with Crippen LogP contribution in [0.1, 0.15) is 0 Å². The van der Waals surface area contributed by atoms with E-state index in [1.54, 1.807) is 6.20 Å². The van der Waals surface area contributed by atoms with Gasteiger partial charge in [-0.2, -0.15) is 5.10 Å². The van der Waals surface area contributed by atoms with Gasteiger partial charge in [0.2, 0.25) is 0 Å². The van der Waals surface area contributed by atoms with Crippen LogP contribution in [0.15, 0.2) is 27.7 Å². The molecule has 0 saturated heterocycles. The molecule has 1 aromatic carbocycles. The first-order valence-electron chi connectivity index (χ1n) is 3.22. The topological polar surface area (TPSA) is 28.7 Å². The minimum absolute atomic E-state index is 0.987. The van der Waals surface area contributed by atoms with Gasteiger partial charge in [-0.15, -0.1) is 0 Å². The molecule has 0 unspecified atom stereocenters. The van der Waals surface area contributed by atoms with Gasteiger partial charge < -0.3 is 0 Å². The number of hydrogen-bond acceptors (Lipinski definition) is 2. The molecule has 0 radical (unpaired) electrons. The lowest BCUT2D eigenvalue weighted by atomic mass is 10.3. The highest BCUT2D eigenvalue weighted by molar-refractivity contribution is 9.10. The zero-order valence-electron chi connectivity index (χ0n) is 5.84. The first-order chi connectivity index (χ1) is 5.81. The van der Waals surface area contributed by atoms with Gasteiger partial charge in [0.1, 0.15) is 0 Å². The van der Waals surface area contributed by atoms with Crippen LogP contribution in [0.4, 0.5) is 0 Å². The third-order valence-electron chi connectivity index (χ3n) is 1.56. The van der Waals surface area contributed by atoms with Crippen LogP contribution in [0.3, 0.4) is 0 Å². The summed E-state index contributed by atoms with van der Waals surface area (Å²) < 4.78 is 0.987. The lowest BCUT2D eigenvalue weighted by molar-refractivity contribution is 1.12. The predicted molar refractivity (Wildman–Crippen MR) is 55.5 cm³/mol. The fraction of sp³-hybridized carbons (Fsp3) is 0. The van der Waals surface area contributed by atoms with E-state index in [0.29, 0.717) is 0 Å². The highest BCUT2D eigenvalue weighted by Gasteiger charge is 2.02. The number of nitrogens with one attached hydrogen (secondary N) is 1. The normalized spacial score (nSPS) is 10.8. The molecule has 2 aromatic rings. The molecule has 0 atom stereocenters. The summed E-state index contributed by atoms with van der Waals surface area (Å²) in [6.07, 6.45) is 1.77. The van der Waals surface area contributed by atoms with E-state index in [1.807, 2.05) is 12.1 Å². The van der Waals surface area contributed by atoms with Crippen molar-refractivity contribution in [2.24, 2.45) is 0 Å². The Balaban J connectivity index is 2.75. The van der Waals surface area contributed by atoms with E-state index in [2.05, 4.69) is 26.1 Å². The Bertz CT molecular complexity index is 415. The molecule has 0 saturated carbocycles. The number of benzene rings is 1. The fourth-order valence-corrected chi connectivity index (χ4v) is 2.35. The van der Waals surface area contributed by atoms with Crippen LogP contribution in [-0.2, 0) is 0 Å².